The predicted molar refractivity (Wildman–Crippen MR) is 91.1 cm³/mol. The van der Waals surface area contributed by atoms with Gasteiger partial charge in [0, 0.05) is 5.56 Å². The fraction of sp³-hybridized carbons (Fsp3) is 0.235. The summed E-state index contributed by atoms with van der Waals surface area (Å²) in [6.45, 7) is 1.83. The minimum atomic E-state index is -3.72. The van der Waals surface area contributed by atoms with E-state index >= 15 is 0 Å². The van der Waals surface area contributed by atoms with E-state index in [-0.39, 0.29) is 23.3 Å². The Morgan fingerprint density at radius 2 is 1.79 bits per heavy atom. The smallest absolute Gasteiger partial charge is 0.238 e. The molecule has 0 unspecified atom stereocenters. The Hall–Kier alpha value is -2.38. The normalized spacial score (nSPS) is 12.5. The second-order valence-corrected chi connectivity index (χ2v) is 6.95. The first-order valence-electron chi connectivity index (χ1n) is 7.35. The topological polar surface area (TPSA) is 98.5 Å². The van der Waals surface area contributed by atoms with Crippen LogP contribution in [-0.4, -0.2) is 21.4 Å². The first-order chi connectivity index (χ1) is 11.3. The second-order valence-electron chi connectivity index (χ2n) is 5.39. The largest absolute Gasteiger partial charge is 0.496 e. The van der Waals surface area contributed by atoms with Crippen LogP contribution < -0.4 is 15.2 Å². The summed E-state index contributed by atoms with van der Waals surface area (Å²) in [4.78, 5) is 12.2. The molecule has 0 saturated carbocycles. The van der Waals surface area contributed by atoms with Gasteiger partial charge in [0.1, 0.15) is 5.75 Å². The first kappa shape index (κ1) is 18.0. The van der Waals surface area contributed by atoms with Gasteiger partial charge in [0.25, 0.3) is 0 Å². The van der Waals surface area contributed by atoms with E-state index in [1.165, 1.54) is 12.1 Å². The third kappa shape index (κ3) is 4.56. The van der Waals surface area contributed by atoms with Crippen LogP contribution in [0.25, 0.3) is 0 Å². The highest BCUT2D eigenvalue weighted by molar-refractivity contribution is 7.89. The third-order valence-electron chi connectivity index (χ3n) is 3.63. The number of nitrogens with one attached hydrogen (secondary N) is 1. The molecule has 6 nitrogen and oxygen atoms in total. The highest BCUT2D eigenvalue weighted by atomic mass is 32.2. The highest BCUT2D eigenvalue weighted by Crippen LogP contribution is 2.19. The molecule has 0 heterocycles. The molecular weight excluding hydrogens is 328 g/mol. The summed E-state index contributed by atoms with van der Waals surface area (Å²) in [6.07, 6.45) is 0.198. The van der Waals surface area contributed by atoms with E-state index in [0.717, 1.165) is 11.1 Å². The molecule has 2 aromatic carbocycles. The van der Waals surface area contributed by atoms with Crippen molar-refractivity contribution < 1.29 is 17.9 Å². The Morgan fingerprint density at radius 3 is 2.38 bits per heavy atom. The van der Waals surface area contributed by atoms with Crippen molar-refractivity contribution in [3.8, 4) is 5.75 Å². The van der Waals surface area contributed by atoms with Crippen LogP contribution in [0.3, 0.4) is 0 Å². The molecule has 7 heteroatoms. The molecule has 1 amide bonds. The van der Waals surface area contributed by atoms with E-state index in [9.17, 15) is 13.2 Å². The van der Waals surface area contributed by atoms with Crippen LogP contribution in [0.1, 0.15) is 24.1 Å². The molecule has 0 bridgehead atoms. The summed E-state index contributed by atoms with van der Waals surface area (Å²) in [7, 11) is -2.16. The molecule has 0 fully saturated rings. The lowest BCUT2D eigenvalue weighted by Gasteiger charge is -2.15. The summed E-state index contributed by atoms with van der Waals surface area (Å²) >= 11 is 0. The maximum absolute atomic E-state index is 12.2. The molecule has 0 radical (unpaired) electrons. The van der Waals surface area contributed by atoms with Gasteiger partial charge in [-0.2, -0.15) is 0 Å². The minimum Gasteiger partial charge on any atom is -0.496 e. The van der Waals surface area contributed by atoms with E-state index in [1.807, 2.05) is 25.1 Å². The standard InChI is InChI=1S/C17H20N2O4S/c1-12(13-7-9-15(10-8-13)24(18,21)22)19-17(20)11-14-5-3-4-6-16(14)23-2/h3-10,12H,11H2,1-2H3,(H,19,20)(H2,18,21,22)/t12-/m0/s1. The molecule has 0 aliphatic carbocycles. The van der Waals surface area contributed by atoms with E-state index < -0.39 is 10.0 Å². The third-order valence-corrected chi connectivity index (χ3v) is 4.56. The van der Waals surface area contributed by atoms with Gasteiger partial charge in [0.05, 0.1) is 24.5 Å². The molecule has 0 aliphatic heterocycles. The molecule has 0 spiro atoms. The fourth-order valence-electron chi connectivity index (χ4n) is 2.34. The average Bonchev–Trinajstić information content (AvgIpc) is 2.54. The number of primary sulfonamides is 1. The quantitative estimate of drug-likeness (QED) is 0.831. The lowest BCUT2D eigenvalue weighted by Crippen LogP contribution is -2.28. The van der Waals surface area contributed by atoms with Gasteiger partial charge in [0.15, 0.2) is 0 Å². The van der Waals surface area contributed by atoms with Gasteiger partial charge >= 0.3 is 0 Å². The van der Waals surface area contributed by atoms with Crippen LogP contribution in [-0.2, 0) is 21.2 Å². The van der Waals surface area contributed by atoms with Gasteiger partial charge in [0.2, 0.25) is 15.9 Å². The average molecular weight is 348 g/mol. The van der Waals surface area contributed by atoms with Crippen molar-refractivity contribution in [2.75, 3.05) is 7.11 Å². The summed E-state index contributed by atoms with van der Waals surface area (Å²) in [5, 5.41) is 7.95. The molecule has 2 rings (SSSR count). The number of hydrogen-bond donors (Lipinski definition) is 2. The van der Waals surface area contributed by atoms with Gasteiger partial charge in [-0.3, -0.25) is 4.79 Å². The fourth-order valence-corrected chi connectivity index (χ4v) is 2.86. The molecule has 24 heavy (non-hydrogen) atoms. The molecule has 2 aromatic rings. The van der Waals surface area contributed by atoms with Gasteiger partial charge in [-0.05, 0) is 30.7 Å². The zero-order chi connectivity index (χ0) is 17.7. The van der Waals surface area contributed by atoms with Crippen LogP contribution in [0.5, 0.6) is 5.75 Å². The molecule has 3 N–H and O–H groups in total. The lowest BCUT2D eigenvalue weighted by molar-refractivity contribution is -0.121. The Labute approximate surface area is 141 Å². The number of ether oxygens (including phenoxy) is 1. The highest BCUT2D eigenvalue weighted by Gasteiger charge is 2.13. The van der Waals surface area contributed by atoms with Crippen LogP contribution in [0.4, 0.5) is 0 Å². The van der Waals surface area contributed by atoms with Crippen molar-refractivity contribution in [3.05, 3.63) is 59.7 Å². The van der Waals surface area contributed by atoms with Crippen LogP contribution in [0.2, 0.25) is 0 Å². The molecule has 1 atom stereocenters. The maximum Gasteiger partial charge on any atom is 0.238 e. The van der Waals surface area contributed by atoms with E-state index in [0.29, 0.717) is 5.75 Å². The zero-order valence-corrected chi connectivity index (χ0v) is 14.3. The Morgan fingerprint density at radius 1 is 1.17 bits per heavy atom. The monoisotopic (exact) mass is 348 g/mol. The number of amides is 1. The number of hydrogen-bond acceptors (Lipinski definition) is 4. The lowest BCUT2D eigenvalue weighted by atomic mass is 10.1. The van der Waals surface area contributed by atoms with E-state index in [2.05, 4.69) is 5.32 Å². The van der Waals surface area contributed by atoms with Crippen molar-refractivity contribution in [1.82, 2.24) is 5.32 Å². The van der Waals surface area contributed by atoms with Crippen LogP contribution in [0, 0.1) is 0 Å². The van der Waals surface area contributed by atoms with Gasteiger partial charge in [-0.25, -0.2) is 13.6 Å². The summed E-state index contributed by atoms with van der Waals surface area (Å²) in [6, 6.07) is 13.2. The van der Waals surface area contributed by atoms with Crippen LogP contribution in [0.15, 0.2) is 53.4 Å². The number of methoxy groups -OCH3 is 1. The van der Waals surface area contributed by atoms with Gasteiger partial charge < -0.3 is 10.1 Å². The molecule has 0 aromatic heterocycles. The van der Waals surface area contributed by atoms with E-state index in [4.69, 9.17) is 9.88 Å². The number of carbonyl (C=O) groups excluding carboxylic acids is 1. The van der Waals surface area contributed by atoms with Crippen molar-refractivity contribution in [1.29, 1.82) is 0 Å². The summed E-state index contributed by atoms with van der Waals surface area (Å²) in [5.74, 6) is 0.514. The molecule has 0 saturated heterocycles. The second kappa shape index (κ2) is 7.46. The maximum atomic E-state index is 12.2. The summed E-state index contributed by atoms with van der Waals surface area (Å²) < 4.78 is 27.7. The molecule has 0 aliphatic rings. The number of rotatable bonds is 6. The van der Waals surface area contributed by atoms with Gasteiger partial charge in [-0.1, -0.05) is 30.3 Å². The molecule has 128 valence electrons. The zero-order valence-electron chi connectivity index (χ0n) is 13.5. The van der Waals surface area contributed by atoms with Crippen molar-refractivity contribution >= 4 is 15.9 Å². The number of benzene rings is 2. The van der Waals surface area contributed by atoms with E-state index in [1.54, 1.807) is 25.3 Å². The number of para-hydroxylation sites is 1. The number of nitrogens with two attached hydrogens (primary N) is 1. The Bertz CT molecular complexity index is 817. The van der Waals surface area contributed by atoms with Crippen molar-refractivity contribution in [2.45, 2.75) is 24.3 Å². The Kier molecular flexibility index (Phi) is 5.58. The predicted octanol–water partition coefficient (Wildman–Crippen LogP) is 1.76. The minimum absolute atomic E-state index is 0.0406. The number of carbonyl (C=O) groups is 1. The Balaban J connectivity index is 2.03. The summed E-state index contributed by atoms with van der Waals surface area (Å²) in [5.41, 5.74) is 1.59. The van der Waals surface area contributed by atoms with Gasteiger partial charge in [-0.15, -0.1) is 0 Å². The SMILES string of the molecule is COc1ccccc1CC(=O)N[C@@H](C)c1ccc(S(N)(=O)=O)cc1. The first-order valence-corrected chi connectivity index (χ1v) is 8.90. The van der Waals surface area contributed by atoms with Crippen LogP contribution >= 0.6 is 0 Å². The van der Waals surface area contributed by atoms with Crippen molar-refractivity contribution in [2.24, 2.45) is 5.14 Å². The molecular formula is C17H20N2O4S. The number of sulfonamides is 1. The van der Waals surface area contributed by atoms with Crippen molar-refractivity contribution in [3.63, 3.8) is 0 Å².